The molecule has 0 aliphatic carbocycles. The van der Waals surface area contributed by atoms with Crippen LogP contribution in [-0.4, -0.2) is 37.9 Å². The van der Waals surface area contributed by atoms with Crippen LogP contribution in [0, 0.1) is 10.1 Å². The summed E-state index contributed by atoms with van der Waals surface area (Å²) in [5, 5.41) is 21.5. The summed E-state index contributed by atoms with van der Waals surface area (Å²) in [6.45, 7) is 4.23. The summed E-state index contributed by atoms with van der Waals surface area (Å²) in [6, 6.07) is 5.93. The Kier molecular flexibility index (Phi) is 5.24. The van der Waals surface area contributed by atoms with Crippen molar-refractivity contribution < 1.29 is 9.72 Å². The molecule has 0 atom stereocenters. The van der Waals surface area contributed by atoms with Crippen molar-refractivity contribution in [1.82, 2.24) is 20.3 Å². The van der Waals surface area contributed by atoms with Gasteiger partial charge in [0.05, 0.1) is 22.3 Å². The van der Waals surface area contributed by atoms with Gasteiger partial charge < -0.3 is 11.1 Å². The average molecular weight is 332 g/mol. The molecule has 1 heterocycles. The summed E-state index contributed by atoms with van der Waals surface area (Å²) in [4.78, 5) is 22.7. The van der Waals surface area contributed by atoms with E-state index in [4.69, 9.17) is 5.73 Å². The lowest BCUT2D eigenvalue weighted by molar-refractivity contribution is -0.384. The number of nitro benzene ring substituents is 1. The quantitative estimate of drug-likeness (QED) is 0.583. The van der Waals surface area contributed by atoms with E-state index in [2.05, 4.69) is 15.6 Å². The third kappa shape index (κ3) is 3.57. The molecule has 0 saturated heterocycles. The summed E-state index contributed by atoms with van der Waals surface area (Å²) < 4.78 is 1.32. The zero-order valence-electron chi connectivity index (χ0n) is 13.6. The van der Waals surface area contributed by atoms with Crippen LogP contribution in [0.1, 0.15) is 37.2 Å². The van der Waals surface area contributed by atoms with Gasteiger partial charge in [-0.25, -0.2) is 4.68 Å². The van der Waals surface area contributed by atoms with Gasteiger partial charge in [-0.2, -0.15) is 0 Å². The van der Waals surface area contributed by atoms with Gasteiger partial charge in [0, 0.05) is 18.7 Å². The van der Waals surface area contributed by atoms with Gasteiger partial charge in [0.25, 0.3) is 11.6 Å². The van der Waals surface area contributed by atoms with Crippen molar-refractivity contribution in [1.29, 1.82) is 0 Å². The van der Waals surface area contributed by atoms with E-state index in [1.54, 1.807) is 12.1 Å². The number of rotatable bonds is 7. The predicted molar refractivity (Wildman–Crippen MR) is 87.8 cm³/mol. The van der Waals surface area contributed by atoms with Gasteiger partial charge in [-0.3, -0.25) is 14.9 Å². The Bertz CT molecular complexity index is 730. The lowest BCUT2D eigenvalue weighted by Gasteiger charge is -2.30. The molecule has 1 amide bonds. The third-order valence-corrected chi connectivity index (χ3v) is 4.15. The molecular formula is C15H20N6O3. The molecule has 0 aliphatic rings. The van der Waals surface area contributed by atoms with E-state index >= 15 is 0 Å². The first-order valence-corrected chi connectivity index (χ1v) is 7.64. The largest absolute Gasteiger partial charge is 0.344 e. The Morgan fingerprint density at radius 2 is 2.12 bits per heavy atom. The lowest BCUT2D eigenvalue weighted by Crippen LogP contribution is -2.53. The number of nitro groups is 1. The summed E-state index contributed by atoms with van der Waals surface area (Å²) >= 11 is 0. The molecule has 0 unspecified atom stereocenters. The van der Waals surface area contributed by atoms with Crippen LogP contribution in [0.4, 0.5) is 5.69 Å². The second-order valence-electron chi connectivity index (χ2n) is 5.47. The van der Waals surface area contributed by atoms with Crippen LogP contribution in [0.15, 0.2) is 30.5 Å². The van der Waals surface area contributed by atoms with E-state index in [0.717, 1.165) is 0 Å². The third-order valence-electron chi connectivity index (χ3n) is 4.15. The fourth-order valence-electron chi connectivity index (χ4n) is 2.31. The van der Waals surface area contributed by atoms with Crippen molar-refractivity contribution in [3.8, 4) is 5.69 Å². The Labute approximate surface area is 139 Å². The van der Waals surface area contributed by atoms with Gasteiger partial charge in [0.15, 0.2) is 5.69 Å². The summed E-state index contributed by atoms with van der Waals surface area (Å²) in [5.41, 5.74) is 5.81. The van der Waals surface area contributed by atoms with Crippen molar-refractivity contribution in [3.63, 3.8) is 0 Å². The van der Waals surface area contributed by atoms with E-state index in [9.17, 15) is 14.9 Å². The van der Waals surface area contributed by atoms with E-state index in [1.807, 2.05) is 13.8 Å². The monoisotopic (exact) mass is 332 g/mol. The first-order chi connectivity index (χ1) is 11.4. The van der Waals surface area contributed by atoms with Crippen LogP contribution >= 0.6 is 0 Å². The number of hydrogen-bond acceptors (Lipinski definition) is 6. The molecule has 128 valence electrons. The molecule has 1 aromatic carbocycles. The smallest absolute Gasteiger partial charge is 0.273 e. The molecule has 0 fully saturated rings. The van der Waals surface area contributed by atoms with E-state index < -0.39 is 10.5 Å². The molecule has 24 heavy (non-hydrogen) atoms. The number of amides is 1. The predicted octanol–water partition coefficient (Wildman–Crippen LogP) is 1.42. The fraction of sp³-hybridized carbons (Fsp3) is 0.400. The van der Waals surface area contributed by atoms with Crippen LogP contribution in [0.25, 0.3) is 5.69 Å². The molecule has 0 spiro atoms. The molecule has 2 rings (SSSR count). The molecule has 0 saturated carbocycles. The second-order valence-corrected chi connectivity index (χ2v) is 5.47. The van der Waals surface area contributed by atoms with E-state index in [0.29, 0.717) is 25.1 Å². The number of nitrogens with one attached hydrogen (secondary N) is 1. The first-order valence-electron chi connectivity index (χ1n) is 7.64. The SMILES string of the molecule is CCC(CC)(CN)NC(=O)c1cn(-c2cccc([N+](=O)[O-])c2)nn1. The van der Waals surface area contributed by atoms with Crippen molar-refractivity contribution >= 4 is 11.6 Å². The highest BCUT2D eigenvalue weighted by Crippen LogP contribution is 2.17. The normalized spacial score (nSPS) is 11.3. The number of carbonyl (C=O) groups excluding carboxylic acids is 1. The number of nitrogens with zero attached hydrogens (tertiary/aromatic N) is 4. The average Bonchev–Trinajstić information content (AvgIpc) is 3.10. The van der Waals surface area contributed by atoms with Gasteiger partial charge in [0.2, 0.25) is 0 Å². The fourth-order valence-corrected chi connectivity index (χ4v) is 2.31. The maximum Gasteiger partial charge on any atom is 0.273 e. The van der Waals surface area contributed by atoms with Gasteiger partial charge in [0.1, 0.15) is 0 Å². The van der Waals surface area contributed by atoms with Crippen molar-refractivity contribution in [2.24, 2.45) is 5.73 Å². The second kappa shape index (κ2) is 7.18. The molecule has 0 aliphatic heterocycles. The zero-order valence-corrected chi connectivity index (χ0v) is 13.6. The minimum atomic E-state index is -0.494. The van der Waals surface area contributed by atoms with Crippen LogP contribution in [-0.2, 0) is 0 Å². The van der Waals surface area contributed by atoms with Crippen molar-refractivity contribution in [2.45, 2.75) is 32.2 Å². The molecule has 0 bridgehead atoms. The molecule has 9 heteroatoms. The Hall–Kier alpha value is -2.81. The number of hydrogen-bond donors (Lipinski definition) is 2. The van der Waals surface area contributed by atoms with Crippen molar-refractivity contribution in [3.05, 3.63) is 46.3 Å². The zero-order chi connectivity index (χ0) is 17.7. The number of benzene rings is 1. The van der Waals surface area contributed by atoms with Crippen molar-refractivity contribution in [2.75, 3.05) is 6.54 Å². The first kappa shape index (κ1) is 17.5. The van der Waals surface area contributed by atoms with Crippen LogP contribution < -0.4 is 11.1 Å². The molecule has 9 nitrogen and oxygen atoms in total. The van der Waals surface area contributed by atoms with Gasteiger partial charge in [-0.05, 0) is 18.9 Å². The number of aromatic nitrogens is 3. The highest BCUT2D eigenvalue weighted by Gasteiger charge is 2.28. The molecule has 0 radical (unpaired) electrons. The number of carbonyl (C=O) groups is 1. The lowest BCUT2D eigenvalue weighted by atomic mass is 9.93. The number of nitrogens with two attached hydrogens (primary N) is 1. The molecule has 1 aromatic heterocycles. The summed E-state index contributed by atoms with van der Waals surface area (Å²) in [7, 11) is 0. The minimum absolute atomic E-state index is 0.0619. The van der Waals surface area contributed by atoms with Gasteiger partial charge in [-0.1, -0.05) is 25.1 Å². The molecule has 3 N–H and O–H groups in total. The molecule has 2 aromatic rings. The summed E-state index contributed by atoms with van der Waals surface area (Å²) in [6.07, 6.45) is 2.83. The standard InChI is InChI=1S/C15H20N6O3/c1-3-15(4-2,10-16)17-14(22)13-9-20(19-18-13)11-6-5-7-12(8-11)21(23)24/h5-9H,3-4,10,16H2,1-2H3,(H,17,22). The number of non-ortho nitro benzene ring substituents is 1. The maximum absolute atomic E-state index is 12.4. The van der Waals surface area contributed by atoms with Crippen LogP contribution in [0.3, 0.4) is 0 Å². The van der Waals surface area contributed by atoms with Crippen LogP contribution in [0.2, 0.25) is 0 Å². The minimum Gasteiger partial charge on any atom is -0.344 e. The van der Waals surface area contributed by atoms with E-state index in [-0.39, 0.29) is 17.3 Å². The van der Waals surface area contributed by atoms with E-state index in [1.165, 1.54) is 23.0 Å². The highest BCUT2D eigenvalue weighted by atomic mass is 16.6. The molecular weight excluding hydrogens is 312 g/mol. The highest BCUT2D eigenvalue weighted by molar-refractivity contribution is 5.92. The topological polar surface area (TPSA) is 129 Å². The Morgan fingerprint density at radius 1 is 1.42 bits per heavy atom. The van der Waals surface area contributed by atoms with Gasteiger partial charge >= 0.3 is 0 Å². The maximum atomic E-state index is 12.4. The summed E-state index contributed by atoms with van der Waals surface area (Å²) in [5.74, 6) is -0.374. The Balaban J connectivity index is 2.23. The van der Waals surface area contributed by atoms with Crippen LogP contribution in [0.5, 0.6) is 0 Å². The van der Waals surface area contributed by atoms with Gasteiger partial charge in [-0.15, -0.1) is 5.10 Å². The Morgan fingerprint density at radius 3 is 2.71 bits per heavy atom.